The van der Waals surface area contributed by atoms with Crippen LogP contribution in [0, 0.1) is 0 Å². The number of hydrogen-bond donors (Lipinski definition) is 1. The molecule has 2 nitrogen and oxygen atoms in total. The summed E-state index contributed by atoms with van der Waals surface area (Å²) in [6, 6.07) is 11.3. The predicted octanol–water partition coefficient (Wildman–Crippen LogP) is 4.49. The maximum absolute atomic E-state index is 11.6. The van der Waals surface area contributed by atoms with Gasteiger partial charge in [0.15, 0.2) is 0 Å². The molecule has 0 spiro atoms. The average Bonchev–Trinajstić information content (AvgIpc) is 2.80. The Kier molecular flexibility index (Phi) is 5.19. The van der Waals surface area contributed by atoms with Gasteiger partial charge in [0.05, 0.1) is 3.79 Å². The van der Waals surface area contributed by atoms with E-state index in [1.807, 2.05) is 30.3 Å². The lowest BCUT2D eigenvalue weighted by atomic mass is 10.2. The molecule has 98 valence electrons. The first-order valence-corrected chi connectivity index (χ1v) is 7.58. The van der Waals surface area contributed by atoms with Gasteiger partial charge in [0.2, 0.25) is 5.91 Å². The van der Waals surface area contributed by atoms with Crippen molar-refractivity contribution in [1.82, 2.24) is 5.32 Å². The normalized spacial score (nSPS) is 10.8. The van der Waals surface area contributed by atoms with Crippen molar-refractivity contribution in [3.63, 3.8) is 0 Å². The predicted molar refractivity (Wildman–Crippen MR) is 84.4 cm³/mol. The van der Waals surface area contributed by atoms with Gasteiger partial charge in [-0.15, -0.1) is 11.3 Å². The Bertz CT molecular complexity index is 609. The largest absolute Gasteiger partial charge is 0.348 e. The van der Waals surface area contributed by atoms with Crippen LogP contribution in [0.1, 0.15) is 10.4 Å². The van der Waals surface area contributed by atoms with Crippen LogP contribution in [0.2, 0.25) is 5.02 Å². The van der Waals surface area contributed by atoms with Gasteiger partial charge < -0.3 is 5.32 Å². The van der Waals surface area contributed by atoms with Gasteiger partial charge in [-0.05, 0) is 51.8 Å². The highest BCUT2D eigenvalue weighted by atomic mass is 79.9. The molecule has 1 heterocycles. The molecular weight excluding hydrogens is 346 g/mol. The van der Waals surface area contributed by atoms with E-state index in [-0.39, 0.29) is 5.91 Å². The number of rotatable bonds is 4. The minimum atomic E-state index is -0.121. The smallest absolute Gasteiger partial charge is 0.244 e. The number of halogens is 2. The third kappa shape index (κ3) is 4.82. The monoisotopic (exact) mass is 355 g/mol. The summed E-state index contributed by atoms with van der Waals surface area (Å²) >= 11 is 10.8. The van der Waals surface area contributed by atoms with Crippen molar-refractivity contribution >= 4 is 50.9 Å². The third-order valence-corrected chi connectivity index (χ3v) is 4.17. The first kappa shape index (κ1) is 14.3. The molecule has 1 aromatic heterocycles. The summed E-state index contributed by atoms with van der Waals surface area (Å²) < 4.78 is 1.05. The summed E-state index contributed by atoms with van der Waals surface area (Å²) in [6.45, 7) is 0.470. The van der Waals surface area contributed by atoms with Crippen LogP contribution in [0.15, 0.2) is 46.3 Å². The quantitative estimate of drug-likeness (QED) is 0.803. The summed E-state index contributed by atoms with van der Waals surface area (Å²) in [5, 5.41) is 3.48. The molecule has 0 saturated carbocycles. The van der Waals surface area contributed by atoms with Gasteiger partial charge in [0.1, 0.15) is 0 Å². The zero-order valence-electron chi connectivity index (χ0n) is 9.90. The number of nitrogens with one attached hydrogen (secondary N) is 1. The summed E-state index contributed by atoms with van der Waals surface area (Å²) in [7, 11) is 0. The summed E-state index contributed by atoms with van der Waals surface area (Å²) in [5.41, 5.74) is 0.980. The van der Waals surface area contributed by atoms with E-state index in [1.165, 1.54) is 6.08 Å². The molecule has 0 aliphatic rings. The highest BCUT2D eigenvalue weighted by Gasteiger charge is 1.98. The first-order chi connectivity index (χ1) is 9.13. The Morgan fingerprint density at radius 2 is 2.21 bits per heavy atom. The lowest BCUT2D eigenvalue weighted by Crippen LogP contribution is -2.20. The van der Waals surface area contributed by atoms with E-state index in [0.717, 1.165) is 14.2 Å². The molecule has 19 heavy (non-hydrogen) atoms. The average molecular weight is 357 g/mol. The number of hydrogen-bond acceptors (Lipinski definition) is 2. The van der Waals surface area contributed by atoms with Gasteiger partial charge in [0, 0.05) is 22.5 Å². The molecule has 1 aromatic carbocycles. The van der Waals surface area contributed by atoms with Gasteiger partial charge in [-0.25, -0.2) is 0 Å². The second-order valence-corrected chi connectivity index (χ2v) is 6.75. The Labute approximate surface area is 129 Å². The van der Waals surface area contributed by atoms with Gasteiger partial charge in [-0.2, -0.15) is 0 Å². The molecule has 0 saturated heterocycles. The number of thiophene rings is 1. The van der Waals surface area contributed by atoms with Gasteiger partial charge in [-0.1, -0.05) is 23.7 Å². The van der Waals surface area contributed by atoms with E-state index in [9.17, 15) is 4.79 Å². The zero-order valence-corrected chi connectivity index (χ0v) is 13.1. The maximum atomic E-state index is 11.6. The van der Waals surface area contributed by atoms with Crippen molar-refractivity contribution in [3.8, 4) is 0 Å². The number of carbonyl (C=O) groups is 1. The van der Waals surface area contributed by atoms with Crippen molar-refractivity contribution in [1.29, 1.82) is 0 Å². The van der Waals surface area contributed by atoms with E-state index in [2.05, 4.69) is 21.2 Å². The maximum Gasteiger partial charge on any atom is 0.244 e. The lowest BCUT2D eigenvalue weighted by Gasteiger charge is -2.02. The summed E-state index contributed by atoms with van der Waals surface area (Å²) in [5.74, 6) is -0.121. The first-order valence-electron chi connectivity index (χ1n) is 5.59. The van der Waals surface area contributed by atoms with Gasteiger partial charge in [-0.3, -0.25) is 4.79 Å². The highest BCUT2D eigenvalue weighted by molar-refractivity contribution is 9.11. The molecule has 0 bridgehead atoms. The van der Waals surface area contributed by atoms with Crippen LogP contribution in [-0.4, -0.2) is 5.91 Å². The van der Waals surface area contributed by atoms with E-state index < -0.39 is 0 Å². The second-order valence-electron chi connectivity index (χ2n) is 3.82. The Morgan fingerprint density at radius 3 is 2.89 bits per heavy atom. The minimum absolute atomic E-state index is 0.121. The Balaban J connectivity index is 1.86. The molecule has 1 amide bonds. The fourth-order valence-corrected chi connectivity index (χ4v) is 3.01. The van der Waals surface area contributed by atoms with E-state index >= 15 is 0 Å². The van der Waals surface area contributed by atoms with Crippen LogP contribution in [0.4, 0.5) is 0 Å². The topological polar surface area (TPSA) is 29.1 Å². The van der Waals surface area contributed by atoms with Crippen molar-refractivity contribution in [2.24, 2.45) is 0 Å². The molecular formula is C14H11BrClNOS. The van der Waals surface area contributed by atoms with Crippen LogP contribution in [0.3, 0.4) is 0 Å². The molecule has 0 aliphatic heterocycles. The minimum Gasteiger partial charge on any atom is -0.348 e. The fraction of sp³-hybridized carbons (Fsp3) is 0.0714. The Hall–Kier alpha value is -1.10. The molecule has 0 unspecified atom stereocenters. The molecule has 0 radical (unpaired) electrons. The van der Waals surface area contributed by atoms with E-state index in [4.69, 9.17) is 11.6 Å². The number of carbonyl (C=O) groups excluding carboxylic acids is 1. The van der Waals surface area contributed by atoms with Crippen molar-refractivity contribution in [2.45, 2.75) is 6.54 Å². The van der Waals surface area contributed by atoms with Crippen LogP contribution in [0.5, 0.6) is 0 Å². The number of benzene rings is 1. The number of amides is 1. The molecule has 5 heteroatoms. The van der Waals surface area contributed by atoms with Crippen molar-refractivity contribution in [3.05, 3.63) is 61.7 Å². The fourth-order valence-electron chi connectivity index (χ4n) is 1.47. The van der Waals surface area contributed by atoms with E-state index in [1.54, 1.807) is 23.5 Å². The molecule has 0 atom stereocenters. The van der Waals surface area contributed by atoms with E-state index in [0.29, 0.717) is 11.6 Å². The van der Waals surface area contributed by atoms with Crippen LogP contribution in [-0.2, 0) is 11.3 Å². The molecule has 2 rings (SSSR count). The second kappa shape index (κ2) is 6.89. The summed E-state index contributed by atoms with van der Waals surface area (Å²) in [6.07, 6.45) is 3.32. The third-order valence-electron chi connectivity index (χ3n) is 2.35. The van der Waals surface area contributed by atoms with Crippen LogP contribution < -0.4 is 5.32 Å². The van der Waals surface area contributed by atoms with Crippen LogP contribution in [0.25, 0.3) is 6.08 Å². The molecule has 2 aromatic rings. The SMILES string of the molecule is O=C(/C=C/c1ccc(Br)s1)NCc1cccc(Cl)c1. The van der Waals surface area contributed by atoms with Crippen LogP contribution >= 0.6 is 38.9 Å². The van der Waals surface area contributed by atoms with Crippen molar-refractivity contribution in [2.75, 3.05) is 0 Å². The molecule has 1 N–H and O–H groups in total. The lowest BCUT2D eigenvalue weighted by molar-refractivity contribution is -0.116. The zero-order chi connectivity index (χ0) is 13.7. The van der Waals surface area contributed by atoms with Gasteiger partial charge in [0.25, 0.3) is 0 Å². The van der Waals surface area contributed by atoms with Crippen molar-refractivity contribution < 1.29 is 4.79 Å². The Morgan fingerprint density at radius 1 is 1.37 bits per heavy atom. The standard InChI is InChI=1S/C14H11BrClNOS/c15-13-6-4-12(19-13)5-7-14(18)17-9-10-2-1-3-11(16)8-10/h1-8H,9H2,(H,17,18)/b7-5+. The van der Waals surface area contributed by atoms with Gasteiger partial charge >= 0.3 is 0 Å². The summed E-state index contributed by atoms with van der Waals surface area (Å²) in [4.78, 5) is 12.7. The molecule has 0 fully saturated rings. The highest BCUT2D eigenvalue weighted by Crippen LogP contribution is 2.22. The molecule has 0 aliphatic carbocycles.